The molecule has 1 N–H and O–H groups in total. The third-order valence-electron chi connectivity index (χ3n) is 3.11. The average Bonchev–Trinajstić information content (AvgIpc) is 2.41. The number of hydrogen-bond acceptors (Lipinski definition) is 2. The molecule has 2 nitrogen and oxygen atoms in total. The van der Waals surface area contributed by atoms with Gasteiger partial charge in [-0.25, -0.2) is 4.39 Å². The molecule has 0 atom stereocenters. The monoisotopic (exact) mass is 449 g/mol. The van der Waals surface area contributed by atoms with Gasteiger partial charge in [0.25, 0.3) is 0 Å². The van der Waals surface area contributed by atoms with Crippen molar-refractivity contribution in [3.05, 3.63) is 34.4 Å². The van der Waals surface area contributed by atoms with E-state index in [-0.39, 0.29) is 6.07 Å². The van der Waals surface area contributed by atoms with Crippen molar-refractivity contribution < 1.29 is 49.1 Å². The summed E-state index contributed by atoms with van der Waals surface area (Å²) in [4.78, 5) is 0. The topological polar surface area (TPSA) is 32.6 Å². The van der Waals surface area contributed by atoms with Gasteiger partial charge in [0.2, 0.25) is 0 Å². The van der Waals surface area contributed by atoms with Gasteiger partial charge in [-0.2, -0.15) is 39.5 Å². The third kappa shape index (κ3) is 3.70. The summed E-state index contributed by atoms with van der Waals surface area (Å²) < 4.78 is 129. The van der Waals surface area contributed by atoms with Crippen LogP contribution in [0.25, 0.3) is 0 Å². The lowest BCUT2D eigenvalue weighted by Crippen LogP contribution is -2.50. The third-order valence-corrected chi connectivity index (χ3v) is 3.67. The van der Waals surface area contributed by atoms with Crippen LogP contribution in [0.5, 0.6) is 0 Å². The largest absolute Gasteiger partial charge is 0.435 e. The Labute approximate surface area is 141 Å². The average molecular weight is 450 g/mol. The number of nitrogens with zero attached hydrogens (tertiary/aromatic N) is 1. The fourth-order valence-corrected chi connectivity index (χ4v) is 2.55. The highest BCUT2D eigenvalue weighted by molar-refractivity contribution is 9.18. The van der Waals surface area contributed by atoms with Gasteiger partial charge >= 0.3 is 24.2 Å². The number of oxime groups is 1. The van der Waals surface area contributed by atoms with E-state index in [4.69, 9.17) is 5.21 Å². The first-order valence-corrected chi connectivity index (χ1v) is 6.70. The molecule has 0 radical (unpaired) electrons. The molecule has 0 saturated carbocycles. The molecule has 13 heteroatoms. The van der Waals surface area contributed by atoms with E-state index >= 15 is 0 Å². The van der Waals surface area contributed by atoms with Crippen LogP contribution < -0.4 is 0 Å². The number of aryl methyl sites for hydroxylation is 1. The zero-order chi connectivity index (χ0) is 20.0. The second-order valence-electron chi connectivity index (χ2n) is 4.76. The van der Waals surface area contributed by atoms with Crippen LogP contribution in [0.15, 0.2) is 17.3 Å². The van der Waals surface area contributed by atoms with Crippen LogP contribution in [0.4, 0.5) is 43.9 Å². The number of alkyl halides is 10. The number of benzene rings is 1. The summed E-state index contributed by atoms with van der Waals surface area (Å²) in [6.45, 7) is 0.702. The van der Waals surface area contributed by atoms with E-state index in [0.29, 0.717) is 6.92 Å². The number of halogens is 11. The van der Waals surface area contributed by atoms with E-state index in [1.54, 1.807) is 0 Å². The summed E-state index contributed by atoms with van der Waals surface area (Å²) in [6.07, 6.45) is -18.6. The van der Waals surface area contributed by atoms with Gasteiger partial charge in [0.05, 0.1) is 5.56 Å². The van der Waals surface area contributed by atoms with E-state index < -0.39 is 57.1 Å². The Hall–Kier alpha value is -1.53. The number of hydrogen-bond donors (Lipinski definition) is 1. The van der Waals surface area contributed by atoms with E-state index in [9.17, 15) is 43.9 Å². The smallest absolute Gasteiger partial charge is 0.410 e. The second-order valence-corrected chi connectivity index (χ2v) is 5.51. The van der Waals surface area contributed by atoms with Crippen LogP contribution in [0.2, 0.25) is 0 Å². The molecule has 0 aliphatic rings. The van der Waals surface area contributed by atoms with Crippen molar-refractivity contribution >= 4 is 20.6 Å². The second kappa shape index (κ2) is 6.32. The molecule has 142 valence electrons. The Morgan fingerprint density at radius 1 is 0.920 bits per heavy atom. The highest BCUT2D eigenvalue weighted by Crippen LogP contribution is 2.54. The summed E-state index contributed by atoms with van der Waals surface area (Å²) in [5, 5.41) is 10.9. The van der Waals surface area contributed by atoms with E-state index in [1.807, 2.05) is 0 Å². The van der Waals surface area contributed by atoms with Crippen LogP contribution in [0, 0.1) is 6.92 Å². The van der Waals surface area contributed by atoms with Crippen molar-refractivity contribution in [2.75, 3.05) is 0 Å². The van der Waals surface area contributed by atoms with Crippen molar-refractivity contribution in [3.63, 3.8) is 0 Å². The van der Waals surface area contributed by atoms with Crippen LogP contribution in [-0.2, 0) is 11.8 Å². The minimum Gasteiger partial charge on any atom is -0.410 e. The molecule has 0 spiro atoms. The summed E-state index contributed by atoms with van der Waals surface area (Å²) in [5.41, 5.74) is -12.2. The maximum atomic E-state index is 14.0. The molecule has 0 fully saturated rings. The van der Waals surface area contributed by atoms with Crippen LogP contribution in [-0.4, -0.2) is 22.2 Å². The predicted octanol–water partition coefficient (Wildman–Crippen LogP) is 5.83. The summed E-state index contributed by atoms with van der Waals surface area (Å²) in [6, 6.07) is -0.659. The molecule has 0 amide bonds. The minimum absolute atomic E-state index is 0.0437. The summed E-state index contributed by atoms with van der Waals surface area (Å²) >= 11 is 2.39. The molecule has 1 aromatic carbocycles. The Bertz CT molecular complexity index is 675. The maximum Gasteiger partial charge on any atom is 0.435 e. The van der Waals surface area contributed by atoms with Crippen molar-refractivity contribution in [1.29, 1.82) is 0 Å². The van der Waals surface area contributed by atoms with Crippen LogP contribution in [0.3, 0.4) is 0 Å². The molecule has 0 saturated heterocycles. The molecule has 0 unspecified atom stereocenters. The van der Waals surface area contributed by atoms with Crippen LogP contribution >= 0.6 is 15.9 Å². The number of rotatable bonds is 2. The van der Waals surface area contributed by atoms with Gasteiger partial charge in [0, 0.05) is 11.1 Å². The first-order valence-electron chi connectivity index (χ1n) is 5.91. The van der Waals surface area contributed by atoms with Crippen molar-refractivity contribution in [2.24, 2.45) is 5.16 Å². The molecule has 25 heavy (non-hydrogen) atoms. The molecule has 1 rings (SSSR count). The van der Waals surface area contributed by atoms with Crippen LogP contribution in [0.1, 0.15) is 22.3 Å². The van der Waals surface area contributed by atoms with Gasteiger partial charge in [0.1, 0.15) is 0 Å². The molecule has 0 aliphatic carbocycles. The van der Waals surface area contributed by atoms with Gasteiger partial charge in [-0.05, 0) is 34.5 Å². The Balaban J connectivity index is 3.95. The molecular weight excluding hydrogens is 444 g/mol. The first-order chi connectivity index (χ1) is 11.0. The zero-order valence-electron chi connectivity index (χ0n) is 11.7. The Kier molecular flexibility index (Phi) is 5.44. The van der Waals surface area contributed by atoms with Gasteiger partial charge in [-0.15, -0.1) is 0 Å². The van der Waals surface area contributed by atoms with E-state index in [0.717, 1.165) is 0 Å². The SMILES string of the molecule is Cc1cc(C(F)(C(F)(F)F)C(F)(F)F)cc(C(F)(F)F)c1/C(Br)=N/O. The van der Waals surface area contributed by atoms with Gasteiger partial charge in [0.15, 0.2) is 4.62 Å². The Morgan fingerprint density at radius 2 is 1.36 bits per heavy atom. The summed E-state index contributed by atoms with van der Waals surface area (Å²) in [5.74, 6) is 0. The van der Waals surface area contributed by atoms with Gasteiger partial charge < -0.3 is 5.21 Å². The lowest BCUT2D eigenvalue weighted by Gasteiger charge is -2.31. The summed E-state index contributed by atoms with van der Waals surface area (Å²) in [7, 11) is 0. The highest BCUT2D eigenvalue weighted by Gasteiger charge is 2.73. The molecule has 0 bridgehead atoms. The fourth-order valence-electron chi connectivity index (χ4n) is 2.02. The molecule has 1 aromatic rings. The Morgan fingerprint density at radius 3 is 1.68 bits per heavy atom. The van der Waals surface area contributed by atoms with Crippen molar-refractivity contribution in [2.45, 2.75) is 31.1 Å². The quantitative estimate of drug-likeness (QED) is 0.262. The van der Waals surface area contributed by atoms with Crippen molar-refractivity contribution in [1.82, 2.24) is 0 Å². The lowest BCUT2D eigenvalue weighted by atomic mass is 9.88. The highest BCUT2D eigenvalue weighted by atomic mass is 79.9. The maximum absolute atomic E-state index is 14.0. The molecule has 0 aromatic heterocycles. The fraction of sp³-hybridized carbons (Fsp3) is 0.417. The van der Waals surface area contributed by atoms with Crippen molar-refractivity contribution in [3.8, 4) is 0 Å². The van der Waals surface area contributed by atoms with Gasteiger partial charge in [-0.1, -0.05) is 11.2 Å². The normalized spacial score (nSPS) is 14.8. The predicted molar refractivity (Wildman–Crippen MR) is 68.3 cm³/mol. The zero-order valence-corrected chi connectivity index (χ0v) is 13.3. The standard InChI is InChI=1S/C12H6BrF10NO/c1-4-2-5(9(14,11(18,19)20)12(21,22)23)3-6(10(15,16)17)7(4)8(13)24-25/h2-3,25H,1H3/b24-8-. The molecular formula is C12H6BrF10NO. The lowest BCUT2D eigenvalue weighted by molar-refractivity contribution is -0.348. The van der Waals surface area contributed by atoms with E-state index in [1.165, 1.54) is 0 Å². The van der Waals surface area contributed by atoms with Gasteiger partial charge in [-0.3, -0.25) is 0 Å². The molecule has 0 heterocycles. The van der Waals surface area contributed by atoms with E-state index in [2.05, 4.69) is 21.1 Å². The first kappa shape index (κ1) is 21.5. The molecule has 0 aliphatic heterocycles. The minimum atomic E-state index is -6.57.